The van der Waals surface area contributed by atoms with Crippen molar-refractivity contribution in [3.05, 3.63) is 12.2 Å². The SMILES string of the molecule is Cn1cnnc1CN1CCC(OCCC(=O)O)CC1. The molecule has 0 atom stereocenters. The molecular weight excluding hydrogens is 248 g/mol. The molecule has 0 spiro atoms. The Morgan fingerprint density at radius 3 is 2.84 bits per heavy atom. The third kappa shape index (κ3) is 4.29. The highest BCUT2D eigenvalue weighted by molar-refractivity contribution is 5.66. The number of aliphatic carboxylic acids is 1. The molecule has 1 aliphatic rings. The zero-order valence-corrected chi connectivity index (χ0v) is 11.2. The summed E-state index contributed by atoms with van der Waals surface area (Å²) in [6.07, 6.45) is 3.86. The highest BCUT2D eigenvalue weighted by atomic mass is 16.5. The van der Waals surface area contributed by atoms with Crippen LogP contribution in [0.15, 0.2) is 6.33 Å². The molecule has 19 heavy (non-hydrogen) atoms. The Bertz CT molecular complexity index is 413. The van der Waals surface area contributed by atoms with Gasteiger partial charge >= 0.3 is 5.97 Å². The summed E-state index contributed by atoms with van der Waals surface area (Å²) in [5.74, 6) is 0.157. The molecule has 0 bridgehead atoms. The van der Waals surface area contributed by atoms with E-state index in [-0.39, 0.29) is 12.5 Å². The van der Waals surface area contributed by atoms with Crippen LogP contribution in [-0.4, -0.2) is 56.5 Å². The predicted octanol–water partition coefficient (Wildman–Crippen LogP) is 0.271. The van der Waals surface area contributed by atoms with Crippen LogP contribution in [0.5, 0.6) is 0 Å². The third-order valence-electron chi connectivity index (χ3n) is 3.37. The lowest BCUT2D eigenvalue weighted by molar-refractivity contribution is -0.138. The fraction of sp³-hybridized carbons (Fsp3) is 0.750. The molecule has 0 unspecified atom stereocenters. The van der Waals surface area contributed by atoms with E-state index in [9.17, 15) is 4.79 Å². The van der Waals surface area contributed by atoms with Crippen molar-refractivity contribution in [2.75, 3.05) is 19.7 Å². The smallest absolute Gasteiger partial charge is 0.305 e. The zero-order valence-electron chi connectivity index (χ0n) is 11.2. The Morgan fingerprint density at radius 1 is 1.53 bits per heavy atom. The van der Waals surface area contributed by atoms with Gasteiger partial charge in [0.15, 0.2) is 0 Å². The number of aromatic nitrogens is 3. The molecule has 2 rings (SSSR count). The van der Waals surface area contributed by atoms with Gasteiger partial charge in [-0.2, -0.15) is 0 Å². The van der Waals surface area contributed by atoms with Crippen molar-refractivity contribution in [1.82, 2.24) is 19.7 Å². The molecule has 7 heteroatoms. The molecule has 0 aliphatic carbocycles. The lowest BCUT2D eigenvalue weighted by Gasteiger charge is -2.31. The second-order valence-electron chi connectivity index (χ2n) is 4.85. The Morgan fingerprint density at radius 2 is 2.26 bits per heavy atom. The summed E-state index contributed by atoms with van der Waals surface area (Å²) in [6.45, 7) is 3.01. The molecule has 1 saturated heterocycles. The molecule has 1 aromatic heterocycles. The van der Waals surface area contributed by atoms with E-state index in [2.05, 4.69) is 15.1 Å². The fourth-order valence-electron chi connectivity index (χ4n) is 2.20. The van der Waals surface area contributed by atoms with Gasteiger partial charge in [-0.05, 0) is 12.8 Å². The number of hydrogen-bond donors (Lipinski definition) is 1. The number of hydrogen-bond acceptors (Lipinski definition) is 5. The normalized spacial score (nSPS) is 17.7. The summed E-state index contributed by atoms with van der Waals surface area (Å²) in [7, 11) is 1.94. The van der Waals surface area contributed by atoms with E-state index in [1.807, 2.05) is 11.6 Å². The van der Waals surface area contributed by atoms with Gasteiger partial charge in [0.2, 0.25) is 0 Å². The monoisotopic (exact) mass is 268 g/mol. The Hall–Kier alpha value is -1.47. The largest absolute Gasteiger partial charge is 0.481 e. The van der Waals surface area contributed by atoms with Gasteiger partial charge in [-0.15, -0.1) is 10.2 Å². The van der Waals surface area contributed by atoms with Gasteiger partial charge in [-0.3, -0.25) is 9.69 Å². The van der Waals surface area contributed by atoms with E-state index in [0.29, 0.717) is 6.61 Å². The molecular formula is C12H20N4O3. The first-order valence-electron chi connectivity index (χ1n) is 6.54. The first-order valence-corrected chi connectivity index (χ1v) is 6.54. The van der Waals surface area contributed by atoms with Gasteiger partial charge in [0, 0.05) is 20.1 Å². The summed E-state index contributed by atoms with van der Waals surface area (Å²) in [5.41, 5.74) is 0. The van der Waals surface area contributed by atoms with Crippen LogP contribution in [-0.2, 0) is 23.1 Å². The van der Waals surface area contributed by atoms with Crippen LogP contribution in [0.1, 0.15) is 25.1 Å². The Balaban J connectivity index is 1.68. The molecule has 2 heterocycles. The molecule has 7 nitrogen and oxygen atoms in total. The number of nitrogens with zero attached hydrogens (tertiary/aromatic N) is 4. The average Bonchev–Trinajstić information content (AvgIpc) is 2.77. The second kappa shape index (κ2) is 6.63. The first kappa shape index (κ1) is 14.0. The van der Waals surface area contributed by atoms with Crippen LogP contribution in [0.2, 0.25) is 0 Å². The Kier molecular flexibility index (Phi) is 4.86. The van der Waals surface area contributed by atoms with Crippen LogP contribution in [0.25, 0.3) is 0 Å². The molecule has 1 aromatic rings. The number of carbonyl (C=O) groups is 1. The fourth-order valence-corrected chi connectivity index (χ4v) is 2.20. The minimum atomic E-state index is -0.806. The van der Waals surface area contributed by atoms with Crippen molar-refractivity contribution >= 4 is 5.97 Å². The van der Waals surface area contributed by atoms with Crippen molar-refractivity contribution in [2.24, 2.45) is 7.05 Å². The number of carboxylic acid groups (broad SMARTS) is 1. The number of carboxylic acids is 1. The van der Waals surface area contributed by atoms with Gasteiger partial charge < -0.3 is 14.4 Å². The van der Waals surface area contributed by atoms with Crippen LogP contribution in [0, 0.1) is 0 Å². The molecule has 0 saturated carbocycles. The van der Waals surface area contributed by atoms with E-state index in [1.54, 1.807) is 6.33 Å². The van der Waals surface area contributed by atoms with Gasteiger partial charge in [-0.25, -0.2) is 0 Å². The maximum atomic E-state index is 10.4. The summed E-state index contributed by atoms with van der Waals surface area (Å²) < 4.78 is 7.49. The van der Waals surface area contributed by atoms with Gasteiger partial charge in [-0.1, -0.05) is 0 Å². The third-order valence-corrected chi connectivity index (χ3v) is 3.37. The summed E-state index contributed by atoms with van der Waals surface area (Å²) in [4.78, 5) is 12.7. The molecule has 106 valence electrons. The number of rotatable bonds is 6. The van der Waals surface area contributed by atoms with Crippen LogP contribution < -0.4 is 0 Å². The van der Waals surface area contributed by atoms with Crippen LogP contribution >= 0.6 is 0 Å². The quantitative estimate of drug-likeness (QED) is 0.797. The highest BCUT2D eigenvalue weighted by Crippen LogP contribution is 2.15. The maximum absolute atomic E-state index is 10.4. The number of likely N-dealkylation sites (tertiary alicyclic amines) is 1. The van der Waals surface area contributed by atoms with Gasteiger partial charge in [0.05, 0.1) is 25.7 Å². The average molecular weight is 268 g/mol. The summed E-state index contributed by atoms with van der Waals surface area (Å²) in [6, 6.07) is 0. The van der Waals surface area contributed by atoms with Crippen molar-refractivity contribution in [3.8, 4) is 0 Å². The van der Waals surface area contributed by atoms with Gasteiger partial charge in [0.25, 0.3) is 0 Å². The molecule has 1 fully saturated rings. The van der Waals surface area contributed by atoms with Crippen molar-refractivity contribution < 1.29 is 14.6 Å². The molecule has 0 aromatic carbocycles. The van der Waals surface area contributed by atoms with E-state index < -0.39 is 5.97 Å². The second-order valence-corrected chi connectivity index (χ2v) is 4.85. The lowest BCUT2D eigenvalue weighted by atomic mass is 10.1. The first-order chi connectivity index (χ1) is 9.15. The van der Waals surface area contributed by atoms with E-state index >= 15 is 0 Å². The lowest BCUT2D eigenvalue weighted by Crippen LogP contribution is -2.37. The molecule has 1 N–H and O–H groups in total. The van der Waals surface area contributed by atoms with E-state index in [0.717, 1.165) is 38.3 Å². The number of aryl methyl sites for hydroxylation is 1. The minimum Gasteiger partial charge on any atom is -0.481 e. The van der Waals surface area contributed by atoms with Crippen molar-refractivity contribution in [2.45, 2.75) is 31.9 Å². The van der Waals surface area contributed by atoms with Crippen LogP contribution in [0.4, 0.5) is 0 Å². The predicted molar refractivity (Wildman–Crippen MR) is 67.5 cm³/mol. The summed E-state index contributed by atoms with van der Waals surface area (Å²) >= 11 is 0. The number of ether oxygens (including phenoxy) is 1. The number of piperidine rings is 1. The highest BCUT2D eigenvalue weighted by Gasteiger charge is 2.20. The molecule has 0 radical (unpaired) electrons. The topological polar surface area (TPSA) is 80.5 Å². The maximum Gasteiger partial charge on any atom is 0.305 e. The Labute approximate surface area is 112 Å². The zero-order chi connectivity index (χ0) is 13.7. The van der Waals surface area contributed by atoms with Crippen molar-refractivity contribution in [1.29, 1.82) is 0 Å². The van der Waals surface area contributed by atoms with Crippen LogP contribution in [0.3, 0.4) is 0 Å². The molecule has 1 aliphatic heterocycles. The van der Waals surface area contributed by atoms with E-state index in [4.69, 9.17) is 9.84 Å². The minimum absolute atomic E-state index is 0.0825. The van der Waals surface area contributed by atoms with Gasteiger partial charge in [0.1, 0.15) is 12.2 Å². The molecule has 0 amide bonds. The standard InChI is InChI=1S/C12H20N4O3/c1-15-9-13-14-11(15)8-16-5-2-10(3-6-16)19-7-4-12(17)18/h9-10H,2-8H2,1H3,(H,17,18). The summed E-state index contributed by atoms with van der Waals surface area (Å²) in [5, 5.41) is 16.5. The van der Waals surface area contributed by atoms with E-state index in [1.165, 1.54) is 0 Å². The van der Waals surface area contributed by atoms with Crippen molar-refractivity contribution in [3.63, 3.8) is 0 Å².